The molecule has 0 atom stereocenters. The summed E-state index contributed by atoms with van der Waals surface area (Å²) in [4.78, 5) is 0.0402. The van der Waals surface area contributed by atoms with Gasteiger partial charge in [0.1, 0.15) is 10.6 Å². The molecule has 0 saturated heterocycles. The number of amidine groups is 1. The summed E-state index contributed by atoms with van der Waals surface area (Å²) in [6, 6.07) is 8.42. The van der Waals surface area contributed by atoms with Gasteiger partial charge in [0.25, 0.3) is 10.0 Å². The predicted octanol–water partition coefficient (Wildman–Crippen LogP) is 3.82. The molecule has 0 aliphatic carbocycles. The van der Waals surface area contributed by atoms with Crippen molar-refractivity contribution in [1.82, 2.24) is 5.01 Å². The molecule has 35 heavy (non-hydrogen) atoms. The van der Waals surface area contributed by atoms with Crippen LogP contribution < -0.4 is 9.47 Å². The number of phenolic OH excluding ortho intramolecular Hbond substituents is 1. The second kappa shape index (κ2) is 10.7. The zero-order chi connectivity index (χ0) is 25.8. The van der Waals surface area contributed by atoms with Gasteiger partial charge >= 0.3 is 0 Å². The topological polar surface area (TPSA) is 110 Å². The Morgan fingerprint density at radius 1 is 1.09 bits per heavy atom. The molecular formula is C25H33N3O6S. The second-order valence-electron chi connectivity index (χ2n) is 9.42. The van der Waals surface area contributed by atoms with E-state index in [0.717, 1.165) is 18.4 Å². The Morgan fingerprint density at radius 3 is 2.43 bits per heavy atom. The van der Waals surface area contributed by atoms with Crippen molar-refractivity contribution < 1.29 is 27.7 Å². The van der Waals surface area contributed by atoms with E-state index in [1.807, 2.05) is 6.07 Å². The number of benzene rings is 2. The van der Waals surface area contributed by atoms with Gasteiger partial charge in [0.15, 0.2) is 17.3 Å². The number of fused-ring (bicyclic) bond motifs is 1. The van der Waals surface area contributed by atoms with Crippen LogP contribution in [0.3, 0.4) is 0 Å². The number of hydrogen-bond acceptors (Lipinski definition) is 8. The summed E-state index contributed by atoms with van der Waals surface area (Å²) in [5.41, 5.74) is 2.18. The monoisotopic (exact) mass is 503 g/mol. The van der Waals surface area contributed by atoms with Gasteiger partial charge in [-0.3, -0.25) is 0 Å². The van der Waals surface area contributed by atoms with Crippen LogP contribution in [0.1, 0.15) is 43.9 Å². The first-order valence-corrected chi connectivity index (χ1v) is 12.7. The van der Waals surface area contributed by atoms with Crippen LogP contribution in [0.15, 0.2) is 44.7 Å². The number of sulfonamides is 1. The first-order valence-electron chi connectivity index (χ1n) is 11.2. The maximum absolute atomic E-state index is 13.0. The highest BCUT2D eigenvalue weighted by molar-refractivity contribution is 7.90. The molecule has 9 nitrogen and oxygen atoms in total. The smallest absolute Gasteiger partial charge is 0.288 e. The maximum Gasteiger partial charge on any atom is 0.288 e. The van der Waals surface area contributed by atoms with Gasteiger partial charge in [0, 0.05) is 12.7 Å². The molecule has 0 fully saturated rings. The minimum absolute atomic E-state index is 0.0101. The van der Waals surface area contributed by atoms with Crippen molar-refractivity contribution in [3.05, 3.63) is 47.0 Å². The number of aryl methyl sites for hydroxylation is 1. The summed E-state index contributed by atoms with van der Waals surface area (Å²) < 4.78 is 46.0. The largest absolute Gasteiger partial charge is 0.504 e. The zero-order valence-corrected chi connectivity index (χ0v) is 21.8. The molecule has 1 N–H and O–H groups in total. The summed E-state index contributed by atoms with van der Waals surface area (Å²) in [7, 11) is 0.497. The quantitative estimate of drug-likeness (QED) is 0.409. The average Bonchev–Trinajstić information content (AvgIpc) is 3.08. The van der Waals surface area contributed by atoms with Gasteiger partial charge in [-0.05, 0) is 59.7 Å². The van der Waals surface area contributed by atoms with Crippen LogP contribution in [-0.4, -0.2) is 65.1 Å². The Morgan fingerprint density at radius 2 is 1.80 bits per heavy atom. The zero-order valence-electron chi connectivity index (χ0n) is 21.0. The van der Waals surface area contributed by atoms with Crippen molar-refractivity contribution in [3.8, 4) is 17.2 Å². The number of aromatic hydroxyl groups is 1. The Balaban J connectivity index is 2.05. The highest BCUT2D eigenvalue weighted by Crippen LogP contribution is 2.37. The highest BCUT2D eigenvalue weighted by atomic mass is 32.2. The van der Waals surface area contributed by atoms with Crippen molar-refractivity contribution in [2.24, 2.45) is 14.9 Å². The van der Waals surface area contributed by atoms with Crippen LogP contribution in [0, 0.1) is 5.41 Å². The Labute approximate surface area is 207 Å². The van der Waals surface area contributed by atoms with Gasteiger partial charge in [0.2, 0.25) is 0 Å². The lowest BCUT2D eigenvalue weighted by atomic mass is 9.88. The molecular weight excluding hydrogens is 470 g/mol. The maximum atomic E-state index is 13.0. The molecule has 1 aliphatic rings. The molecule has 10 heteroatoms. The van der Waals surface area contributed by atoms with Crippen molar-refractivity contribution in [1.29, 1.82) is 0 Å². The number of ether oxygens (including phenoxy) is 3. The number of nitrogens with zero attached hydrogens (tertiary/aromatic N) is 3. The summed E-state index contributed by atoms with van der Waals surface area (Å²) in [6.07, 6.45) is 3.23. The molecule has 0 spiro atoms. The van der Waals surface area contributed by atoms with Gasteiger partial charge < -0.3 is 19.3 Å². The molecule has 1 heterocycles. The van der Waals surface area contributed by atoms with Crippen molar-refractivity contribution >= 4 is 22.1 Å². The van der Waals surface area contributed by atoms with Gasteiger partial charge in [-0.1, -0.05) is 20.8 Å². The van der Waals surface area contributed by atoms with Crippen LogP contribution in [0.4, 0.5) is 0 Å². The normalized spacial score (nSPS) is 14.6. The summed E-state index contributed by atoms with van der Waals surface area (Å²) >= 11 is 0. The fourth-order valence-corrected chi connectivity index (χ4v) is 4.94. The fourth-order valence-electron chi connectivity index (χ4n) is 3.61. The minimum Gasteiger partial charge on any atom is -0.504 e. The van der Waals surface area contributed by atoms with E-state index < -0.39 is 10.0 Å². The molecule has 0 aromatic heterocycles. The predicted molar refractivity (Wildman–Crippen MR) is 135 cm³/mol. The summed E-state index contributed by atoms with van der Waals surface area (Å²) in [5, 5.41) is 15.9. The van der Waals surface area contributed by atoms with Crippen molar-refractivity contribution in [2.75, 3.05) is 34.5 Å². The van der Waals surface area contributed by atoms with E-state index in [4.69, 9.17) is 14.2 Å². The molecule has 0 amide bonds. The van der Waals surface area contributed by atoms with Crippen LogP contribution in [0.2, 0.25) is 0 Å². The Bertz CT molecular complexity index is 1230. The van der Waals surface area contributed by atoms with E-state index in [2.05, 4.69) is 30.3 Å². The van der Waals surface area contributed by atoms with E-state index >= 15 is 0 Å². The molecule has 3 rings (SSSR count). The third-order valence-corrected chi connectivity index (χ3v) is 6.86. The first kappa shape index (κ1) is 26.5. The van der Waals surface area contributed by atoms with E-state index in [-0.39, 0.29) is 34.2 Å². The Hall–Kier alpha value is -3.11. The fraction of sp³-hybridized carbons (Fsp3) is 0.440. The van der Waals surface area contributed by atoms with Crippen LogP contribution in [0.25, 0.3) is 0 Å². The lowest BCUT2D eigenvalue weighted by Gasteiger charge is -2.20. The van der Waals surface area contributed by atoms with E-state index in [1.54, 1.807) is 31.5 Å². The van der Waals surface area contributed by atoms with Gasteiger partial charge in [-0.2, -0.15) is 13.5 Å². The molecule has 0 saturated carbocycles. The molecule has 2 aromatic carbocycles. The van der Waals surface area contributed by atoms with Gasteiger partial charge in [-0.15, -0.1) is 4.40 Å². The molecule has 1 aliphatic heterocycles. The van der Waals surface area contributed by atoms with Gasteiger partial charge in [0.05, 0.1) is 33.6 Å². The molecule has 190 valence electrons. The third-order valence-electron chi connectivity index (χ3n) is 5.51. The van der Waals surface area contributed by atoms with E-state index in [1.165, 1.54) is 25.3 Å². The van der Waals surface area contributed by atoms with E-state index in [9.17, 15) is 13.5 Å². The number of phenols is 1. The molecule has 0 bridgehead atoms. The molecule has 0 unspecified atom stereocenters. The highest BCUT2D eigenvalue weighted by Gasteiger charge is 2.36. The number of rotatable bonds is 9. The van der Waals surface area contributed by atoms with Gasteiger partial charge in [-0.25, -0.2) is 5.01 Å². The molecule has 2 aromatic rings. The first-order chi connectivity index (χ1) is 16.5. The Kier molecular flexibility index (Phi) is 8.07. The lowest BCUT2D eigenvalue weighted by Crippen LogP contribution is -2.29. The molecule has 0 radical (unpaired) electrons. The average molecular weight is 504 g/mol. The summed E-state index contributed by atoms with van der Waals surface area (Å²) in [5.74, 6) is 0.784. The third kappa shape index (κ3) is 6.32. The lowest BCUT2D eigenvalue weighted by molar-refractivity contribution is 0.178. The number of methoxy groups -OCH3 is 3. The SMILES string of the molecule is COCCN(/N=C/c1ccc(O)c(OC)c1)C1=NS(=O)(=O)c2c(OC)cc(CCC(C)(C)C)cc21. The van der Waals surface area contributed by atoms with Crippen LogP contribution >= 0.6 is 0 Å². The van der Waals surface area contributed by atoms with Crippen molar-refractivity contribution in [2.45, 2.75) is 38.5 Å². The second-order valence-corrected chi connectivity index (χ2v) is 11.0. The standard InChI is InChI=1S/C25H33N3O6S/c1-25(2,3)10-9-17-13-19-23(22(14-17)34-6)35(30,31)27-24(19)28(11-12-32-4)26-16-18-7-8-20(29)21(15-18)33-5/h7-8,13-16,29H,9-12H2,1-6H3/b26-16+. The number of hydrogen-bond donors (Lipinski definition) is 1. The van der Waals surface area contributed by atoms with Crippen LogP contribution in [0.5, 0.6) is 17.2 Å². The minimum atomic E-state index is -3.97. The number of hydrazone groups is 1. The van der Waals surface area contributed by atoms with Crippen molar-refractivity contribution in [3.63, 3.8) is 0 Å². The summed E-state index contributed by atoms with van der Waals surface area (Å²) in [6.45, 7) is 7.05. The van der Waals surface area contributed by atoms with Crippen LogP contribution in [-0.2, 0) is 21.2 Å². The van der Waals surface area contributed by atoms with E-state index in [0.29, 0.717) is 23.5 Å².